The van der Waals surface area contributed by atoms with E-state index in [-0.39, 0.29) is 11.7 Å². The molecule has 0 atom stereocenters. The molecule has 1 amide bonds. The number of amides is 1. The van der Waals surface area contributed by atoms with Crippen LogP contribution in [0.5, 0.6) is 0 Å². The third-order valence-electron chi connectivity index (χ3n) is 4.63. The smallest absolute Gasteiger partial charge is 0.225 e. The lowest BCUT2D eigenvalue weighted by Gasteiger charge is -2.33. The van der Waals surface area contributed by atoms with Gasteiger partial charge in [0.1, 0.15) is 0 Å². The van der Waals surface area contributed by atoms with Crippen LogP contribution in [0.15, 0.2) is 60.7 Å². The van der Waals surface area contributed by atoms with Crippen molar-refractivity contribution in [3.05, 3.63) is 66.2 Å². The van der Waals surface area contributed by atoms with Crippen molar-refractivity contribution < 1.29 is 13.2 Å². The first-order chi connectivity index (χ1) is 13.0. The number of piperazine rings is 1. The van der Waals surface area contributed by atoms with Gasteiger partial charge in [0.15, 0.2) is 0 Å². The van der Waals surface area contributed by atoms with E-state index < -0.39 is 10.0 Å². The van der Waals surface area contributed by atoms with Gasteiger partial charge in [0.2, 0.25) is 15.9 Å². The van der Waals surface area contributed by atoms with Gasteiger partial charge in [-0.2, -0.15) is 4.31 Å². The molecule has 1 aliphatic rings. The molecule has 0 unspecified atom stereocenters. The summed E-state index contributed by atoms with van der Waals surface area (Å²) in [5, 5.41) is 2.87. The minimum absolute atomic E-state index is 0.0275. The molecule has 0 aliphatic carbocycles. The van der Waals surface area contributed by atoms with Crippen molar-refractivity contribution in [3.63, 3.8) is 0 Å². The summed E-state index contributed by atoms with van der Waals surface area (Å²) in [6.45, 7) is 2.86. The van der Waals surface area contributed by atoms with Gasteiger partial charge in [-0.15, -0.1) is 0 Å². The van der Waals surface area contributed by atoms with Gasteiger partial charge < -0.3 is 10.2 Å². The Balaban J connectivity index is 1.42. The molecule has 0 bridgehead atoms. The summed E-state index contributed by atoms with van der Waals surface area (Å²) in [6.07, 6.45) is 0.395. The Kier molecular flexibility index (Phi) is 6.60. The largest absolute Gasteiger partial charge is 0.326 e. The molecule has 0 aromatic heterocycles. The lowest BCUT2D eigenvalue weighted by Crippen LogP contribution is -2.49. The maximum absolute atomic E-state index is 12.6. The average Bonchev–Trinajstić information content (AvgIpc) is 2.68. The van der Waals surface area contributed by atoms with E-state index in [0.29, 0.717) is 39.1 Å². The fourth-order valence-electron chi connectivity index (χ4n) is 3.11. The predicted octanol–water partition coefficient (Wildman–Crippen LogP) is 2.16. The number of rotatable bonds is 7. The van der Waals surface area contributed by atoms with Gasteiger partial charge in [0.05, 0.1) is 5.75 Å². The van der Waals surface area contributed by atoms with Crippen molar-refractivity contribution in [1.29, 1.82) is 0 Å². The molecular formula is C20H25N3O3S. The molecule has 2 aromatic rings. The van der Waals surface area contributed by atoms with Gasteiger partial charge in [0, 0.05) is 44.8 Å². The molecule has 1 saturated heterocycles. The monoisotopic (exact) mass is 387 g/mol. The Morgan fingerprint density at radius 2 is 1.48 bits per heavy atom. The van der Waals surface area contributed by atoms with E-state index in [2.05, 4.69) is 10.2 Å². The summed E-state index contributed by atoms with van der Waals surface area (Å²) in [7, 11) is -3.30. The Labute approximate surface area is 160 Å². The summed E-state index contributed by atoms with van der Waals surface area (Å²) in [6, 6.07) is 18.6. The fourth-order valence-corrected chi connectivity index (χ4v) is 4.63. The number of hydrogen-bond acceptors (Lipinski definition) is 4. The van der Waals surface area contributed by atoms with E-state index in [4.69, 9.17) is 0 Å². The number of benzene rings is 2. The molecule has 1 N–H and O–H groups in total. The minimum atomic E-state index is -3.30. The quantitative estimate of drug-likeness (QED) is 0.790. The van der Waals surface area contributed by atoms with Crippen LogP contribution in [0.2, 0.25) is 0 Å². The molecule has 0 saturated carbocycles. The molecule has 0 spiro atoms. The standard InChI is InChI=1S/C20H25N3O3S/c24-20(21-19-9-5-2-6-10-19)11-12-22-13-15-23(16-14-22)27(25,26)17-18-7-3-1-4-8-18/h1-10H,11-17H2,(H,21,24). The number of anilines is 1. The highest BCUT2D eigenvalue weighted by Crippen LogP contribution is 2.14. The first-order valence-electron chi connectivity index (χ1n) is 9.12. The van der Waals surface area contributed by atoms with E-state index in [1.54, 1.807) is 4.31 Å². The van der Waals surface area contributed by atoms with Crippen molar-refractivity contribution in [2.45, 2.75) is 12.2 Å². The highest BCUT2D eigenvalue weighted by Gasteiger charge is 2.27. The SMILES string of the molecule is O=C(CCN1CCN(S(=O)(=O)Cc2ccccc2)CC1)Nc1ccccc1. The van der Waals surface area contributed by atoms with Crippen LogP contribution in [-0.4, -0.2) is 56.3 Å². The fraction of sp³-hybridized carbons (Fsp3) is 0.350. The van der Waals surface area contributed by atoms with E-state index in [0.717, 1.165) is 11.3 Å². The highest BCUT2D eigenvalue weighted by atomic mass is 32.2. The third kappa shape index (κ3) is 5.89. The summed E-state index contributed by atoms with van der Waals surface area (Å²) >= 11 is 0. The average molecular weight is 388 g/mol. The maximum Gasteiger partial charge on any atom is 0.225 e. The highest BCUT2D eigenvalue weighted by molar-refractivity contribution is 7.88. The summed E-state index contributed by atoms with van der Waals surface area (Å²) in [4.78, 5) is 14.2. The predicted molar refractivity (Wildman–Crippen MR) is 107 cm³/mol. The molecule has 2 aromatic carbocycles. The van der Waals surface area contributed by atoms with Crippen LogP contribution in [0.1, 0.15) is 12.0 Å². The van der Waals surface area contributed by atoms with Gasteiger partial charge in [-0.25, -0.2) is 8.42 Å². The molecule has 1 heterocycles. The number of nitrogens with one attached hydrogen (secondary N) is 1. The maximum atomic E-state index is 12.6. The Morgan fingerprint density at radius 3 is 2.11 bits per heavy atom. The van der Waals surface area contributed by atoms with Crippen molar-refractivity contribution in [2.75, 3.05) is 38.0 Å². The number of hydrogen-bond donors (Lipinski definition) is 1. The molecule has 1 aliphatic heterocycles. The molecule has 144 valence electrons. The first-order valence-corrected chi connectivity index (χ1v) is 10.7. The summed E-state index contributed by atoms with van der Waals surface area (Å²) in [5.74, 6) is 0.00757. The molecule has 7 heteroatoms. The third-order valence-corrected chi connectivity index (χ3v) is 6.48. The van der Waals surface area contributed by atoms with Crippen LogP contribution in [0, 0.1) is 0 Å². The molecule has 3 rings (SSSR count). The zero-order valence-corrected chi connectivity index (χ0v) is 16.1. The van der Waals surface area contributed by atoms with E-state index in [1.165, 1.54) is 0 Å². The lowest BCUT2D eigenvalue weighted by atomic mass is 10.2. The minimum Gasteiger partial charge on any atom is -0.326 e. The van der Waals surface area contributed by atoms with Crippen LogP contribution >= 0.6 is 0 Å². The van der Waals surface area contributed by atoms with Crippen LogP contribution < -0.4 is 5.32 Å². The lowest BCUT2D eigenvalue weighted by molar-refractivity contribution is -0.116. The van der Waals surface area contributed by atoms with Crippen LogP contribution in [-0.2, 0) is 20.6 Å². The van der Waals surface area contributed by atoms with Crippen molar-refractivity contribution in [2.24, 2.45) is 0 Å². The molecule has 27 heavy (non-hydrogen) atoms. The number of nitrogens with zero attached hydrogens (tertiary/aromatic N) is 2. The topological polar surface area (TPSA) is 69.7 Å². The zero-order chi connectivity index (χ0) is 19.1. The van der Waals surface area contributed by atoms with Crippen LogP contribution in [0.25, 0.3) is 0 Å². The molecule has 6 nitrogen and oxygen atoms in total. The second kappa shape index (κ2) is 9.12. The first kappa shape index (κ1) is 19.5. The van der Waals surface area contributed by atoms with Gasteiger partial charge in [-0.3, -0.25) is 4.79 Å². The molecule has 1 fully saturated rings. The summed E-state index contributed by atoms with van der Waals surface area (Å²) in [5.41, 5.74) is 1.59. The van der Waals surface area contributed by atoms with Crippen molar-refractivity contribution in [3.8, 4) is 0 Å². The van der Waals surface area contributed by atoms with Gasteiger partial charge in [-0.1, -0.05) is 48.5 Å². The Hall–Kier alpha value is -2.22. The second-order valence-corrected chi connectivity index (χ2v) is 8.62. The number of sulfonamides is 1. The van der Waals surface area contributed by atoms with E-state index >= 15 is 0 Å². The van der Waals surface area contributed by atoms with Gasteiger partial charge in [0.25, 0.3) is 0 Å². The van der Waals surface area contributed by atoms with Crippen molar-refractivity contribution in [1.82, 2.24) is 9.21 Å². The van der Waals surface area contributed by atoms with Gasteiger partial charge >= 0.3 is 0 Å². The number of para-hydroxylation sites is 1. The Bertz CT molecular complexity index is 833. The Morgan fingerprint density at radius 1 is 0.889 bits per heavy atom. The van der Waals surface area contributed by atoms with Crippen LogP contribution in [0.4, 0.5) is 5.69 Å². The van der Waals surface area contributed by atoms with E-state index in [9.17, 15) is 13.2 Å². The molecular weight excluding hydrogens is 362 g/mol. The summed E-state index contributed by atoms with van der Waals surface area (Å²) < 4.78 is 26.7. The molecule has 0 radical (unpaired) electrons. The van der Waals surface area contributed by atoms with Gasteiger partial charge in [-0.05, 0) is 17.7 Å². The van der Waals surface area contributed by atoms with Crippen molar-refractivity contribution >= 4 is 21.6 Å². The second-order valence-electron chi connectivity index (χ2n) is 6.65. The number of carbonyl (C=O) groups is 1. The van der Waals surface area contributed by atoms with Crippen LogP contribution in [0.3, 0.4) is 0 Å². The van der Waals surface area contributed by atoms with E-state index in [1.807, 2.05) is 60.7 Å². The normalized spacial score (nSPS) is 16.1. The number of carbonyl (C=O) groups excluding carboxylic acids is 1. The zero-order valence-electron chi connectivity index (χ0n) is 15.3.